The maximum absolute atomic E-state index is 13.5. The van der Waals surface area contributed by atoms with Gasteiger partial charge in [0.2, 0.25) is 5.91 Å². The summed E-state index contributed by atoms with van der Waals surface area (Å²) in [5, 5.41) is 3.34. The fourth-order valence-electron chi connectivity index (χ4n) is 4.10. The summed E-state index contributed by atoms with van der Waals surface area (Å²) in [7, 11) is -2.54. The summed E-state index contributed by atoms with van der Waals surface area (Å²) >= 11 is 6.14. The summed E-state index contributed by atoms with van der Waals surface area (Å²) in [6, 6.07) is 22.4. The molecule has 8 heteroatoms. The smallest absolute Gasteiger partial charge is 0.264 e. The molecule has 3 aromatic carbocycles. The minimum absolute atomic E-state index is 0.0457. The molecule has 6 nitrogen and oxygen atoms in total. The van der Waals surface area contributed by atoms with Crippen LogP contribution in [0.25, 0.3) is 0 Å². The Kier molecular flexibility index (Phi) is 8.46. The van der Waals surface area contributed by atoms with Gasteiger partial charge < -0.3 is 10.1 Å². The number of hydrogen-bond acceptors (Lipinski definition) is 4. The molecule has 0 bridgehead atoms. The van der Waals surface area contributed by atoms with E-state index in [1.165, 1.54) is 30.9 Å². The zero-order chi connectivity index (χ0) is 25.6. The van der Waals surface area contributed by atoms with Gasteiger partial charge >= 0.3 is 0 Å². The van der Waals surface area contributed by atoms with Crippen molar-refractivity contribution in [2.24, 2.45) is 0 Å². The van der Waals surface area contributed by atoms with E-state index in [4.69, 9.17) is 16.3 Å². The molecule has 0 aliphatic carbocycles. The summed E-state index contributed by atoms with van der Waals surface area (Å²) in [6.45, 7) is 5.78. The van der Waals surface area contributed by atoms with Crippen molar-refractivity contribution in [3.8, 4) is 5.75 Å². The lowest BCUT2D eigenvalue weighted by Gasteiger charge is -2.30. The lowest BCUT2D eigenvalue weighted by molar-refractivity contribution is -0.120. The Bertz CT molecular complexity index is 1250. The van der Waals surface area contributed by atoms with Crippen LogP contribution in [-0.4, -0.2) is 34.0 Å². The minimum atomic E-state index is -4.05. The Morgan fingerprint density at radius 1 is 1.03 bits per heavy atom. The monoisotopic (exact) mass is 514 g/mol. The van der Waals surface area contributed by atoms with Gasteiger partial charge in [-0.1, -0.05) is 61.8 Å². The minimum Gasteiger partial charge on any atom is -0.497 e. The molecule has 0 radical (unpaired) electrons. The van der Waals surface area contributed by atoms with Crippen molar-refractivity contribution in [1.82, 2.24) is 5.32 Å². The molecule has 0 heterocycles. The van der Waals surface area contributed by atoms with Crippen LogP contribution in [0.5, 0.6) is 5.75 Å². The molecule has 0 aliphatic heterocycles. The molecule has 186 valence electrons. The molecule has 3 aromatic rings. The Morgan fingerprint density at radius 3 is 2.29 bits per heavy atom. The van der Waals surface area contributed by atoms with Crippen molar-refractivity contribution in [3.63, 3.8) is 0 Å². The molecule has 1 amide bonds. The first kappa shape index (κ1) is 26.6. The first-order valence-electron chi connectivity index (χ1n) is 11.3. The van der Waals surface area contributed by atoms with Crippen molar-refractivity contribution in [2.75, 3.05) is 18.0 Å². The van der Waals surface area contributed by atoms with Crippen molar-refractivity contribution in [2.45, 2.75) is 43.5 Å². The number of benzene rings is 3. The van der Waals surface area contributed by atoms with Gasteiger partial charge in [0.25, 0.3) is 10.0 Å². The van der Waals surface area contributed by atoms with E-state index in [1.54, 1.807) is 30.3 Å². The predicted molar refractivity (Wildman–Crippen MR) is 141 cm³/mol. The third-order valence-corrected chi connectivity index (χ3v) is 7.83. The summed E-state index contributed by atoms with van der Waals surface area (Å²) in [6.07, 6.45) is 0.686. The fraction of sp³-hybridized carbons (Fsp3) is 0.296. The summed E-state index contributed by atoms with van der Waals surface area (Å²) < 4.78 is 33.3. The Hall–Kier alpha value is -3.03. The van der Waals surface area contributed by atoms with Crippen LogP contribution in [0.2, 0.25) is 5.02 Å². The van der Waals surface area contributed by atoms with E-state index in [0.29, 0.717) is 22.9 Å². The largest absolute Gasteiger partial charge is 0.497 e. The number of carbonyl (C=O) groups is 1. The van der Waals surface area contributed by atoms with E-state index in [9.17, 15) is 13.2 Å². The Balaban J connectivity index is 1.81. The number of ether oxygens (including phenoxy) is 1. The van der Waals surface area contributed by atoms with Crippen LogP contribution in [0, 0.1) is 0 Å². The second-order valence-electron chi connectivity index (χ2n) is 9.09. The fourth-order valence-corrected chi connectivity index (χ4v) is 5.69. The third-order valence-electron chi connectivity index (χ3n) is 5.81. The number of hydrogen-bond donors (Lipinski definition) is 1. The Labute approximate surface area is 212 Å². The quantitative estimate of drug-likeness (QED) is 0.392. The summed E-state index contributed by atoms with van der Waals surface area (Å²) in [5.74, 6) is 0.129. The molecular weight excluding hydrogens is 484 g/mol. The molecule has 0 saturated carbocycles. The van der Waals surface area contributed by atoms with Gasteiger partial charge in [-0.2, -0.15) is 0 Å². The molecule has 0 fully saturated rings. The van der Waals surface area contributed by atoms with Gasteiger partial charge in [0.05, 0.1) is 17.7 Å². The first-order valence-corrected chi connectivity index (χ1v) is 13.1. The highest BCUT2D eigenvalue weighted by molar-refractivity contribution is 7.92. The number of nitrogens with one attached hydrogen (secondary N) is 1. The van der Waals surface area contributed by atoms with Gasteiger partial charge in [-0.3, -0.25) is 9.10 Å². The maximum atomic E-state index is 13.5. The van der Waals surface area contributed by atoms with Crippen molar-refractivity contribution in [1.29, 1.82) is 0 Å². The normalized spacial score (nSPS) is 12.6. The van der Waals surface area contributed by atoms with Gasteiger partial charge in [-0.15, -0.1) is 0 Å². The molecule has 1 atom stereocenters. The molecule has 0 aromatic heterocycles. The molecule has 0 saturated heterocycles. The first-order chi connectivity index (χ1) is 16.5. The molecule has 1 unspecified atom stereocenters. The molecule has 0 aliphatic rings. The van der Waals surface area contributed by atoms with Crippen LogP contribution in [0.4, 0.5) is 5.69 Å². The summed E-state index contributed by atoms with van der Waals surface area (Å²) in [4.78, 5) is 13.1. The van der Waals surface area contributed by atoms with Gasteiger partial charge in [0.15, 0.2) is 0 Å². The van der Waals surface area contributed by atoms with E-state index < -0.39 is 15.9 Å². The standard InChI is InChI=1S/C27H31ClN2O4S/c1-20(18-27(2,3)21-9-6-5-7-10-21)29-26(31)19-30(23-12-8-11-22(28)17-23)35(32,33)25-15-13-24(34-4)14-16-25/h5-17,20H,18-19H2,1-4H3,(H,29,31). The lowest BCUT2D eigenvalue weighted by atomic mass is 9.79. The van der Waals surface area contributed by atoms with Crippen molar-refractivity contribution >= 4 is 33.2 Å². The van der Waals surface area contributed by atoms with Crippen LogP contribution in [0.15, 0.2) is 83.8 Å². The van der Waals surface area contributed by atoms with E-state index in [1.807, 2.05) is 25.1 Å². The summed E-state index contributed by atoms with van der Waals surface area (Å²) in [5.41, 5.74) is 1.31. The number of sulfonamides is 1. The molecule has 1 N–H and O–H groups in total. The van der Waals surface area contributed by atoms with E-state index in [0.717, 1.165) is 4.31 Å². The van der Waals surface area contributed by atoms with Crippen molar-refractivity contribution < 1.29 is 17.9 Å². The number of amides is 1. The number of halogens is 1. The lowest BCUT2D eigenvalue weighted by Crippen LogP contribution is -2.45. The molecule has 35 heavy (non-hydrogen) atoms. The van der Waals surface area contributed by atoms with Gasteiger partial charge in [0.1, 0.15) is 12.3 Å². The van der Waals surface area contributed by atoms with Crippen LogP contribution >= 0.6 is 11.6 Å². The topological polar surface area (TPSA) is 75.7 Å². The van der Waals surface area contributed by atoms with Gasteiger partial charge in [-0.05, 0) is 66.8 Å². The predicted octanol–water partition coefficient (Wildman–Crippen LogP) is 5.42. The second kappa shape index (κ2) is 11.1. The third kappa shape index (κ3) is 6.77. The van der Waals surface area contributed by atoms with Gasteiger partial charge in [-0.25, -0.2) is 8.42 Å². The van der Waals surface area contributed by atoms with Crippen LogP contribution in [0.1, 0.15) is 32.8 Å². The molecule has 0 spiro atoms. The number of anilines is 1. The van der Waals surface area contributed by atoms with Crippen LogP contribution in [0.3, 0.4) is 0 Å². The van der Waals surface area contributed by atoms with E-state index in [2.05, 4.69) is 31.3 Å². The van der Waals surface area contributed by atoms with Crippen molar-refractivity contribution in [3.05, 3.63) is 89.4 Å². The molecular formula is C27H31ClN2O4S. The average molecular weight is 515 g/mol. The highest BCUT2D eigenvalue weighted by Gasteiger charge is 2.29. The SMILES string of the molecule is COc1ccc(S(=O)(=O)N(CC(=O)NC(C)CC(C)(C)c2ccccc2)c2cccc(Cl)c2)cc1. The zero-order valence-electron chi connectivity index (χ0n) is 20.4. The highest BCUT2D eigenvalue weighted by atomic mass is 35.5. The number of rotatable bonds is 10. The van der Waals surface area contributed by atoms with E-state index in [-0.39, 0.29) is 22.9 Å². The molecule has 3 rings (SSSR count). The van der Waals surface area contributed by atoms with Crippen LogP contribution < -0.4 is 14.4 Å². The zero-order valence-corrected chi connectivity index (χ0v) is 21.9. The maximum Gasteiger partial charge on any atom is 0.264 e. The number of methoxy groups -OCH3 is 1. The van der Waals surface area contributed by atoms with E-state index >= 15 is 0 Å². The number of carbonyl (C=O) groups excluding carboxylic acids is 1. The van der Waals surface area contributed by atoms with Gasteiger partial charge in [0, 0.05) is 11.1 Å². The second-order valence-corrected chi connectivity index (χ2v) is 11.4. The van der Waals surface area contributed by atoms with Crippen LogP contribution in [-0.2, 0) is 20.2 Å². The average Bonchev–Trinajstić information content (AvgIpc) is 2.82. The Morgan fingerprint density at radius 2 is 1.69 bits per heavy atom. The highest BCUT2D eigenvalue weighted by Crippen LogP contribution is 2.29. The number of nitrogens with zero attached hydrogens (tertiary/aromatic N) is 1.